The highest BCUT2D eigenvalue weighted by Gasteiger charge is 2.12. The Balaban J connectivity index is 4.17. The van der Waals surface area contributed by atoms with Crippen LogP contribution in [0.15, 0.2) is 12.2 Å². The van der Waals surface area contributed by atoms with Crippen LogP contribution in [0.5, 0.6) is 0 Å². The monoisotopic (exact) mass is 889 g/mol. The van der Waals surface area contributed by atoms with Crippen LogP contribution in [0.1, 0.15) is 284 Å². The third-order valence-corrected chi connectivity index (χ3v) is 13.4. The molecule has 63 heavy (non-hydrogen) atoms. The molecule has 0 aromatic carbocycles. The number of aliphatic hydroxyl groups excluding tert-OH is 1. The van der Waals surface area contributed by atoms with Crippen molar-refractivity contribution in [3.05, 3.63) is 12.2 Å². The van der Waals surface area contributed by atoms with Gasteiger partial charge >= 0.3 is 0 Å². The normalized spacial score (nSPS) is 12.4. The van der Waals surface area contributed by atoms with Crippen molar-refractivity contribution in [1.82, 2.24) is 20.4 Å². The quantitative estimate of drug-likeness (QED) is 0.0419. The van der Waals surface area contributed by atoms with Crippen molar-refractivity contribution in [3.8, 4) is 0 Å². The van der Waals surface area contributed by atoms with Crippen LogP contribution in [0, 0.1) is 0 Å². The van der Waals surface area contributed by atoms with Crippen LogP contribution in [0.2, 0.25) is 0 Å². The Morgan fingerprint density at radius 1 is 0.444 bits per heavy atom. The van der Waals surface area contributed by atoms with Gasteiger partial charge < -0.3 is 25.5 Å². The number of hydrogen-bond acceptors (Lipinski definition) is 5. The predicted molar refractivity (Wildman–Crippen MR) is 281 cm³/mol. The maximum Gasteiger partial charge on any atom is 0.221 e. The van der Waals surface area contributed by atoms with Crippen LogP contribution < -0.4 is 10.6 Å². The fourth-order valence-corrected chi connectivity index (χ4v) is 9.04. The molecule has 3 N–H and O–H groups in total. The summed E-state index contributed by atoms with van der Waals surface area (Å²) in [6.07, 6.45) is 58.9. The van der Waals surface area contributed by atoms with Crippen molar-refractivity contribution in [1.29, 1.82) is 0 Å². The van der Waals surface area contributed by atoms with Gasteiger partial charge in [0.15, 0.2) is 0 Å². The van der Waals surface area contributed by atoms with E-state index in [0.29, 0.717) is 19.5 Å². The van der Waals surface area contributed by atoms with Gasteiger partial charge in [0.1, 0.15) is 0 Å². The van der Waals surface area contributed by atoms with Crippen LogP contribution in [-0.2, 0) is 4.79 Å². The molecule has 0 saturated heterocycles. The van der Waals surface area contributed by atoms with Gasteiger partial charge in [0.25, 0.3) is 0 Å². The molecule has 0 fully saturated rings. The largest absolute Gasteiger partial charge is 0.390 e. The smallest absolute Gasteiger partial charge is 0.221 e. The second-order valence-electron chi connectivity index (χ2n) is 20.0. The number of carbonyl (C=O) groups excluding carboxylic acids is 1. The minimum absolute atomic E-state index is 0.127. The number of unbranched alkanes of at least 4 members (excludes halogenated alkanes) is 35. The first-order valence-electron chi connectivity index (χ1n) is 28.7. The van der Waals surface area contributed by atoms with Crippen LogP contribution in [0.4, 0.5) is 0 Å². The van der Waals surface area contributed by atoms with Crippen molar-refractivity contribution < 1.29 is 9.90 Å². The van der Waals surface area contributed by atoms with Gasteiger partial charge in [-0.1, -0.05) is 232 Å². The van der Waals surface area contributed by atoms with Gasteiger partial charge in [-0.05, 0) is 91.0 Å². The third kappa shape index (κ3) is 51.9. The Hall–Kier alpha value is -0.950. The molecule has 6 nitrogen and oxygen atoms in total. The topological polar surface area (TPSA) is 67.8 Å². The summed E-state index contributed by atoms with van der Waals surface area (Å²) in [5, 5.41) is 17.5. The molecule has 0 radical (unpaired) electrons. The summed E-state index contributed by atoms with van der Waals surface area (Å²) in [4.78, 5) is 17.5. The highest BCUT2D eigenvalue weighted by atomic mass is 16.3. The zero-order valence-electron chi connectivity index (χ0n) is 43.6. The molecule has 6 heteroatoms. The molecule has 0 aromatic heterocycles. The number of nitrogens with one attached hydrogen (secondary N) is 2. The summed E-state index contributed by atoms with van der Waals surface area (Å²) < 4.78 is 0. The number of hydrogen-bond donors (Lipinski definition) is 3. The summed E-state index contributed by atoms with van der Waals surface area (Å²) in [7, 11) is 2.30. The first-order valence-corrected chi connectivity index (χ1v) is 28.7. The minimum Gasteiger partial charge on any atom is -0.390 e. The molecule has 0 aliphatic rings. The molecule has 1 amide bonds. The van der Waals surface area contributed by atoms with E-state index in [2.05, 4.69) is 60.4 Å². The van der Waals surface area contributed by atoms with Crippen LogP contribution in [-0.4, -0.2) is 86.3 Å². The maximum atomic E-state index is 12.4. The van der Waals surface area contributed by atoms with Crippen molar-refractivity contribution in [2.45, 2.75) is 290 Å². The summed E-state index contributed by atoms with van der Waals surface area (Å²) >= 11 is 0. The molecule has 0 saturated carbocycles. The third-order valence-electron chi connectivity index (χ3n) is 13.4. The number of allylic oxidation sites excluding steroid dienone is 2. The second kappa shape index (κ2) is 53.7. The van der Waals surface area contributed by atoms with E-state index in [-0.39, 0.29) is 5.91 Å². The van der Waals surface area contributed by atoms with Crippen molar-refractivity contribution in [2.75, 3.05) is 59.4 Å². The van der Waals surface area contributed by atoms with Crippen molar-refractivity contribution >= 4 is 5.91 Å². The van der Waals surface area contributed by atoms with E-state index in [1.54, 1.807) is 0 Å². The van der Waals surface area contributed by atoms with Crippen LogP contribution in [0.3, 0.4) is 0 Å². The Bertz CT molecular complexity index is 899. The highest BCUT2D eigenvalue weighted by molar-refractivity contribution is 5.75. The van der Waals surface area contributed by atoms with E-state index >= 15 is 0 Å². The Morgan fingerprint density at radius 2 is 0.778 bits per heavy atom. The van der Waals surface area contributed by atoms with E-state index in [9.17, 15) is 9.90 Å². The van der Waals surface area contributed by atoms with Crippen LogP contribution in [0.25, 0.3) is 0 Å². The fraction of sp³-hybridized carbons (Fsp3) is 0.947. The second-order valence-corrected chi connectivity index (χ2v) is 20.0. The highest BCUT2D eigenvalue weighted by Crippen LogP contribution is 2.15. The molecule has 0 heterocycles. The Kier molecular flexibility index (Phi) is 52.9. The average molecular weight is 890 g/mol. The van der Waals surface area contributed by atoms with E-state index in [1.807, 2.05) is 0 Å². The molecule has 376 valence electrons. The summed E-state index contributed by atoms with van der Waals surface area (Å²) in [6, 6.07) is 0. The summed E-state index contributed by atoms with van der Waals surface area (Å²) in [6.45, 7) is 14.1. The number of nitrogens with zero attached hydrogens (tertiary/aromatic N) is 2. The van der Waals surface area contributed by atoms with Gasteiger partial charge in [-0.2, -0.15) is 0 Å². The lowest BCUT2D eigenvalue weighted by atomic mass is 10.1. The first kappa shape index (κ1) is 62.1. The predicted octanol–water partition coefficient (Wildman–Crippen LogP) is 15.9. The van der Waals surface area contributed by atoms with Crippen molar-refractivity contribution in [3.63, 3.8) is 0 Å². The zero-order valence-corrected chi connectivity index (χ0v) is 43.6. The SMILES string of the molecule is CCCCCCCC/C=C/CCCCCCCCNC(=O)CCNCC(O)CN(CCCCCCCCCCCCCC)CCCCN(C)CCCCCCCCCCCCCC. The molecule has 1 atom stereocenters. The van der Waals surface area contributed by atoms with Gasteiger partial charge in [0.2, 0.25) is 5.91 Å². The lowest BCUT2D eigenvalue weighted by molar-refractivity contribution is -0.121. The Morgan fingerprint density at radius 3 is 1.21 bits per heavy atom. The number of aliphatic hydroxyl groups is 1. The summed E-state index contributed by atoms with van der Waals surface area (Å²) in [5.41, 5.74) is 0. The van der Waals surface area contributed by atoms with Gasteiger partial charge in [0, 0.05) is 32.6 Å². The first-order chi connectivity index (χ1) is 31.0. The zero-order chi connectivity index (χ0) is 45.8. The van der Waals surface area contributed by atoms with Gasteiger partial charge in [-0.25, -0.2) is 0 Å². The molecule has 0 rings (SSSR count). The number of amides is 1. The number of carbonyl (C=O) groups is 1. The van der Waals surface area contributed by atoms with E-state index in [1.165, 1.54) is 264 Å². The van der Waals surface area contributed by atoms with Gasteiger partial charge in [-0.15, -0.1) is 0 Å². The molecule has 0 spiro atoms. The lowest BCUT2D eigenvalue weighted by Crippen LogP contribution is -2.40. The maximum absolute atomic E-state index is 12.4. The van der Waals surface area contributed by atoms with E-state index < -0.39 is 6.10 Å². The summed E-state index contributed by atoms with van der Waals surface area (Å²) in [5.74, 6) is 0.127. The molecule has 0 bridgehead atoms. The molecular weight excluding hydrogens is 773 g/mol. The van der Waals surface area contributed by atoms with Crippen molar-refractivity contribution in [2.24, 2.45) is 0 Å². The molecule has 0 aliphatic heterocycles. The Labute approximate surface area is 396 Å². The standard InChI is InChI=1S/C57H116N4O2/c1-5-8-11-14-17-20-23-26-27-28-29-30-33-36-39-42-48-59-57(63)47-49-58-54-56(62)55-61(52-44-41-38-35-32-25-22-19-16-13-10-7-3)53-46-45-51-60(4)50-43-40-37-34-31-24-21-18-15-12-9-6-2/h26-27,56,58,62H,5-25,28-55H2,1-4H3,(H,59,63)/b27-26+. The number of rotatable bonds is 54. The minimum atomic E-state index is -0.403. The van der Waals surface area contributed by atoms with E-state index in [4.69, 9.17) is 0 Å². The average Bonchev–Trinajstić information content (AvgIpc) is 3.28. The fourth-order valence-electron chi connectivity index (χ4n) is 9.04. The van der Waals surface area contributed by atoms with Crippen LogP contribution >= 0.6 is 0 Å². The van der Waals surface area contributed by atoms with Gasteiger partial charge in [-0.3, -0.25) is 4.79 Å². The molecule has 0 aromatic rings. The van der Waals surface area contributed by atoms with Gasteiger partial charge in [0.05, 0.1) is 6.10 Å². The molecular formula is C57H116N4O2. The van der Waals surface area contributed by atoms with E-state index in [0.717, 1.165) is 32.6 Å². The molecule has 0 aliphatic carbocycles. The molecule has 1 unspecified atom stereocenters. The lowest BCUT2D eigenvalue weighted by Gasteiger charge is -2.26.